The van der Waals surface area contributed by atoms with Crippen LogP contribution in [0.15, 0.2) is 72.8 Å². The zero-order valence-electron chi connectivity index (χ0n) is 19.0. The molecular formula is C27H27ClN2O3. The number of methoxy groups -OCH3 is 1. The Morgan fingerprint density at radius 2 is 1.79 bits per heavy atom. The zero-order chi connectivity index (χ0) is 23.5. The van der Waals surface area contributed by atoms with Crippen molar-refractivity contribution in [3.63, 3.8) is 0 Å². The first kappa shape index (κ1) is 22.9. The number of nitrogens with zero attached hydrogens (tertiary/aromatic N) is 2. The van der Waals surface area contributed by atoms with E-state index in [1.807, 2.05) is 50.2 Å². The Morgan fingerprint density at radius 3 is 2.45 bits per heavy atom. The molecule has 0 spiro atoms. The van der Waals surface area contributed by atoms with E-state index >= 15 is 0 Å². The van der Waals surface area contributed by atoms with E-state index in [0.29, 0.717) is 29.3 Å². The van der Waals surface area contributed by atoms with Crippen molar-refractivity contribution in [2.24, 2.45) is 0 Å². The molecule has 5 nitrogen and oxygen atoms in total. The maximum Gasteiger partial charge on any atom is 0.258 e. The Hall–Kier alpha value is -3.31. The minimum atomic E-state index is -0.352. The lowest BCUT2D eigenvalue weighted by atomic mass is 9.84. The van der Waals surface area contributed by atoms with Crippen LogP contribution in [0.3, 0.4) is 0 Å². The predicted octanol–water partition coefficient (Wildman–Crippen LogP) is 5.92. The number of halogens is 1. The molecule has 0 saturated heterocycles. The van der Waals surface area contributed by atoms with E-state index in [9.17, 15) is 9.59 Å². The van der Waals surface area contributed by atoms with Gasteiger partial charge in [0.05, 0.1) is 13.0 Å². The molecule has 0 radical (unpaired) electrons. The van der Waals surface area contributed by atoms with Crippen molar-refractivity contribution in [3.8, 4) is 5.75 Å². The molecule has 0 bridgehead atoms. The van der Waals surface area contributed by atoms with E-state index < -0.39 is 0 Å². The summed E-state index contributed by atoms with van der Waals surface area (Å²) in [7, 11) is 1.60. The van der Waals surface area contributed by atoms with Crippen molar-refractivity contribution in [1.82, 2.24) is 0 Å². The standard InChI is InChI=1S/C27H27ClN2O3/c1-4-29(21-9-7-8-20(28)17-21)27(32)24-16-18(2)30(25-11-6-5-10-23(24)25)26(31)19-12-14-22(33-3)15-13-19/h5-15,17-18,24H,4,16H2,1-3H3/t18-,24-/m1/s1. The highest BCUT2D eigenvalue weighted by Gasteiger charge is 2.38. The van der Waals surface area contributed by atoms with Crippen LogP contribution >= 0.6 is 11.6 Å². The van der Waals surface area contributed by atoms with Gasteiger partial charge < -0.3 is 14.5 Å². The van der Waals surface area contributed by atoms with Crippen molar-refractivity contribution in [1.29, 1.82) is 0 Å². The van der Waals surface area contributed by atoms with Crippen LogP contribution in [0.4, 0.5) is 11.4 Å². The number of benzene rings is 3. The van der Waals surface area contributed by atoms with Gasteiger partial charge in [-0.25, -0.2) is 0 Å². The summed E-state index contributed by atoms with van der Waals surface area (Å²) in [4.78, 5) is 30.8. The first-order valence-corrected chi connectivity index (χ1v) is 11.5. The molecule has 3 aromatic rings. The van der Waals surface area contributed by atoms with Crippen molar-refractivity contribution < 1.29 is 14.3 Å². The van der Waals surface area contributed by atoms with Gasteiger partial charge >= 0.3 is 0 Å². The second-order valence-corrected chi connectivity index (χ2v) is 8.60. The van der Waals surface area contributed by atoms with Gasteiger partial charge in [-0.05, 0) is 74.4 Å². The lowest BCUT2D eigenvalue weighted by molar-refractivity contribution is -0.120. The summed E-state index contributed by atoms with van der Waals surface area (Å²) in [6, 6.07) is 22.0. The summed E-state index contributed by atoms with van der Waals surface area (Å²) in [6.07, 6.45) is 0.537. The highest BCUT2D eigenvalue weighted by molar-refractivity contribution is 6.31. The van der Waals surface area contributed by atoms with Gasteiger partial charge in [0.25, 0.3) is 5.91 Å². The number of carbonyl (C=O) groups excluding carboxylic acids is 2. The highest BCUT2D eigenvalue weighted by atomic mass is 35.5. The summed E-state index contributed by atoms with van der Waals surface area (Å²) in [5, 5.41) is 0.590. The van der Waals surface area contributed by atoms with E-state index in [1.54, 1.807) is 53.3 Å². The van der Waals surface area contributed by atoms with E-state index in [4.69, 9.17) is 16.3 Å². The van der Waals surface area contributed by atoms with Gasteiger partial charge in [-0.3, -0.25) is 9.59 Å². The molecular weight excluding hydrogens is 436 g/mol. The third kappa shape index (κ3) is 4.46. The average Bonchev–Trinajstić information content (AvgIpc) is 2.83. The summed E-state index contributed by atoms with van der Waals surface area (Å²) in [5.74, 6) is 0.265. The number of amides is 2. The number of fused-ring (bicyclic) bond motifs is 1. The molecule has 2 atom stereocenters. The molecule has 0 unspecified atom stereocenters. The fraction of sp³-hybridized carbons (Fsp3) is 0.259. The lowest BCUT2D eigenvalue weighted by Gasteiger charge is -2.40. The molecule has 2 amide bonds. The molecule has 0 fully saturated rings. The smallest absolute Gasteiger partial charge is 0.258 e. The van der Waals surface area contributed by atoms with Gasteiger partial charge in [-0.2, -0.15) is 0 Å². The number of hydrogen-bond acceptors (Lipinski definition) is 3. The number of para-hydroxylation sites is 1. The van der Waals surface area contributed by atoms with Gasteiger partial charge in [0.1, 0.15) is 5.75 Å². The molecule has 0 saturated carbocycles. The van der Waals surface area contributed by atoms with Crippen LogP contribution < -0.4 is 14.5 Å². The number of carbonyl (C=O) groups is 2. The number of hydrogen-bond donors (Lipinski definition) is 0. The summed E-state index contributed by atoms with van der Waals surface area (Å²) in [5.41, 5.74) is 2.99. The van der Waals surface area contributed by atoms with Crippen LogP contribution in [-0.4, -0.2) is 31.5 Å². The van der Waals surface area contributed by atoms with Crippen LogP contribution in [0, 0.1) is 0 Å². The largest absolute Gasteiger partial charge is 0.497 e. The van der Waals surface area contributed by atoms with E-state index in [1.165, 1.54) is 0 Å². The second-order valence-electron chi connectivity index (χ2n) is 8.16. The van der Waals surface area contributed by atoms with Crippen LogP contribution in [0.5, 0.6) is 5.75 Å². The van der Waals surface area contributed by atoms with Gasteiger partial charge in [0, 0.05) is 34.5 Å². The van der Waals surface area contributed by atoms with Crippen molar-refractivity contribution in [2.75, 3.05) is 23.5 Å². The fourth-order valence-electron chi connectivity index (χ4n) is 4.53. The predicted molar refractivity (Wildman–Crippen MR) is 133 cm³/mol. The monoisotopic (exact) mass is 462 g/mol. The minimum absolute atomic E-state index is 0.00983. The molecule has 33 heavy (non-hydrogen) atoms. The first-order valence-electron chi connectivity index (χ1n) is 11.1. The molecule has 1 aliphatic rings. The molecule has 1 heterocycles. The Balaban J connectivity index is 1.69. The van der Waals surface area contributed by atoms with Gasteiger partial charge in [0.2, 0.25) is 5.91 Å². The van der Waals surface area contributed by atoms with E-state index in [2.05, 4.69) is 0 Å². The Labute approximate surface area is 199 Å². The van der Waals surface area contributed by atoms with Crippen molar-refractivity contribution in [3.05, 3.63) is 88.9 Å². The zero-order valence-corrected chi connectivity index (χ0v) is 19.8. The van der Waals surface area contributed by atoms with Gasteiger partial charge in [-0.1, -0.05) is 35.9 Å². The van der Waals surface area contributed by atoms with Gasteiger partial charge in [0.15, 0.2) is 0 Å². The molecule has 170 valence electrons. The van der Waals surface area contributed by atoms with Crippen LogP contribution in [0.1, 0.15) is 42.1 Å². The van der Waals surface area contributed by atoms with Crippen LogP contribution in [-0.2, 0) is 4.79 Å². The minimum Gasteiger partial charge on any atom is -0.497 e. The fourth-order valence-corrected chi connectivity index (χ4v) is 4.71. The third-order valence-electron chi connectivity index (χ3n) is 6.15. The quantitative estimate of drug-likeness (QED) is 0.472. The second kappa shape index (κ2) is 9.67. The number of ether oxygens (including phenoxy) is 1. The topological polar surface area (TPSA) is 49.9 Å². The molecule has 0 N–H and O–H groups in total. The highest BCUT2D eigenvalue weighted by Crippen LogP contribution is 2.41. The molecule has 0 aliphatic carbocycles. The molecule has 0 aromatic heterocycles. The summed E-state index contributed by atoms with van der Waals surface area (Å²) in [6.45, 7) is 4.48. The van der Waals surface area contributed by atoms with Crippen molar-refractivity contribution in [2.45, 2.75) is 32.2 Å². The number of anilines is 2. The van der Waals surface area contributed by atoms with Crippen LogP contribution in [0.25, 0.3) is 0 Å². The molecule has 4 rings (SSSR count). The maximum atomic E-state index is 13.7. The summed E-state index contributed by atoms with van der Waals surface area (Å²) >= 11 is 6.18. The molecule has 3 aromatic carbocycles. The van der Waals surface area contributed by atoms with Gasteiger partial charge in [-0.15, -0.1) is 0 Å². The van der Waals surface area contributed by atoms with Crippen LogP contribution in [0.2, 0.25) is 5.02 Å². The Kier molecular flexibility index (Phi) is 6.70. The molecule has 1 aliphatic heterocycles. The van der Waals surface area contributed by atoms with Crippen molar-refractivity contribution >= 4 is 34.8 Å². The number of likely N-dealkylation sites (N-methyl/N-ethyl adjacent to an activating group) is 1. The van der Waals surface area contributed by atoms with E-state index in [0.717, 1.165) is 16.9 Å². The Bertz CT molecular complexity index is 1160. The third-order valence-corrected chi connectivity index (χ3v) is 6.38. The number of rotatable bonds is 5. The maximum absolute atomic E-state index is 13.7. The normalized spacial score (nSPS) is 17.3. The van der Waals surface area contributed by atoms with E-state index in [-0.39, 0.29) is 23.8 Å². The molecule has 6 heteroatoms. The lowest BCUT2D eigenvalue weighted by Crippen LogP contribution is -2.46. The Morgan fingerprint density at radius 1 is 1.06 bits per heavy atom. The first-order chi connectivity index (χ1) is 15.9. The average molecular weight is 463 g/mol. The summed E-state index contributed by atoms with van der Waals surface area (Å²) < 4.78 is 5.21. The SMILES string of the molecule is CCN(C(=O)[C@@H]1C[C@@H](C)N(C(=O)c2ccc(OC)cc2)c2ccccc21)c1cccc(Cl)c1.